The Kier molecular flexibility index (Phi) is 3.49. The summed E-state index contributed by atoms with van der Waals surface area (Å²) in [6, 6.07) is -0.380. The van der Waals surface area contributed by atoms with E-state index in [9.17, 15) is 9.59 Å². The largest absolute Gasteiger partial charge is 0.394 e. The number of aliphatic hydroxyl groups excluding tert-OH is 1. The number of nitrogens with one attached hydrogen (secondary N) is 1. The minimum absolute atomic E-state index is 0.0246. The standard InChI is InChI=1S/C10H13N3O3S/c1-6(5-14)12-8(15)7-4-11-10-13(9(7)16)2-3-17-10/h4,6,14H,2-3,5H2,1H3,(H,12,15)/t6-/m1/s1. The van der Waals surface area contributed by atoms with Gasteiger partial charge < -0.3 is 10.4 Å². The molecule has 7 heteroatoms. The first-order chi connectivity index (χ1) is 8.13. The molecule has 1 atom stereocenters. The summed E-state index contributed by atoms with van der Waals surface area (Å²) in [6.07, 6.45) is 1.30. The molecule has 0 fully saturated rings. The van der Waals surface area contributed by atoms with E-state index < -0.39 is 5.91 Å². The number of fused-ring (bicyclic) bond motifs is 1. The number of aliphatic hydroxyl groups is 1. The number of carbonyl (C=O) groups is 1. The molecule has 0 spiro atoms. The van der Waals surface area contributed by atoms with Crippen LogP contribution in [0.1, 0.15) is 17.3 Å². The molecular weight excluding hydrogens is 242 g/mol. The van der Waals surface area contributed by atoms with Crippen molar-refractivity contribution in [2.75, 3.05) is 12.4 Å². The van der Waals surface area contributed by atoms with Crippen molar-refractivity contribution in [2.24, 2.45) is 0 Å². The van der Waals surface area contributed by atoms with E-state index in [1.54, 1.807) is 6.92 Å². The number of thioether (sulfide) groups is 1. The molecule has 0 saturated carbocycles. The highest BCUT2D eigenvalue weighted by Gasteiger charge is 2.20. The summed E-state index contributed by atoms with van der Waals surface area (Å²) < 4.78 is 1.50. The number of aromatic nitrogens is 2. The molecule has 92 valence electrons. The van der Waals surface area contributed by atoms with Crippen LogP contribution in [0, 0.1) is 0 Å². The van der Waals surface area contributed by atoms with E-state index in [2.05, 4.69) is 10.3 Å². The zero-order chi connectivity index (χ0) is 12.4. The monoisotopic (exact) mass is 255 g/mol. The zero-order valence-corrected chi connectivity index (χ0v) is 10.2. The van der Waals surface area contributed by atoms with E-state index >= 15 is 0 Å². The van der Waals surface area contributed by atoms with Gasteiger partial charge in [0.05, 0.1) is 6.61 Å². The Balaban J connectivity index is 2.28. The van der Waals surface area contributed by atoms with Crippen LogP contribution in [0.25, 0.3) is 0 Å². The summed E-state index contributed by atoms with van der Waals surface area (Å²) in [5, 5.41) is 12.0. The molecule has 1 aromatic heterocycles. The van der Waals surface area contributed by atoms with Crippen molar-refractivity contribution in [2.45, 2.75) is 24.7 Å². The summed E-state index contributed by atoms with van der Waals surface area (Å²) in [7, 11) is 0. The Morgan fingerprint density at radius 1 is 1.76 bits per heavy atom. The number of nitrogens with zero attached hydrogens (tertiary/aromatic N) is 2. The first-order valence-corrected chi connectivity index (χ1v) is 6.26. The molecule has 0 aromatic carbocycles. The van der Waals surface area contributed by atoms with Gasteiger partial charge in [0.2, 0.25) is 0 Å². The molecule has 1 amide bonds. The molecule has 1 aliphatic rings. The summed E-state index contributed by atoms with van der Waals surface area (Å²) in [5.74, 6) is 0.316. The number of amides is 1. The van der Waals surface area contributed by atoms with Gasteiger partial charge in [-0.1, -0.05) is 11.8 Å². The minimum Gasteiger partial charge on any atom is -0.394 e. The van der Waals surface area contributed by atoms with Crippen molar-refractivity contribution in [1.29, 1.82) is 0 Å². The number of hydrogen-bond donors (Lipinski definition) is 2. The van der Waals surface area contributed by atoms with Gasteiger partial charge in [0.25, 0.3) is 11.5 Å². The fourth-order valence-electron chi connectivity index (χ4n) is 1.52. The van der Waals surface area contributed by atoms with Crippen LogP contribution in [0.3, 0.4) is 0 Å². The zero-order valence-electron chi connectivity index (χ0n) is 9.34. The third-order valence-electron chi connectivity index (χ3n) is 2.45. The fourth-order valence-corrected chi connectivity index (χ4v) is 2.43. The Morgan fingerprint density at radius 2 is 2.53 bits per heavy atom. The molecule has 0 aliphatic carbocycles. The predicted molar refractivity (Wildman–Crippen MR) is 63.2 cm³/mol. The van der Waals surface area contributed by atoms with E-state index in [1.807, 2.05) is 0 Å². The van der Waals surface area contributed by atoms with Gasteiger partial charge in [-0.05, 0) is 6.92 Å². The third-order valence-corrected chi connectivity index (χ3v) is 3.42. The molecule has 2 heterocycles. The maximum atomic E-state index is 12.0. The topological polar surface area (TPSA) is 84.2 Å². The van der Waals surface area contributed by atoms with E-state index in [1.165, 1.54) is 22.5 Å². The van der Waals surface area contributed by atoms with Gasteiger partial charge in [0, 0.05) is 24.5 Å². The normalized spacial score (nSPS) is 15.4. The summed E-state index contributed by atoms with van der Waals surface area (Å²) in [4.78, 5) is 27.8. The molecule has 1 aromatic rings. The van der Waals surface area contributed by atoms with E-state index in [-0.39, 0.29) is 23.8 Å². The lowest BCUT2D eigenvalue weighted by molar-refractivity contribution is 0.0919. The van der Waals surface area contributed by atoms with Gasteiger partial charge in [0.15, 0.2) is 5.16 Å². The molecular formula is C10H13N3O3S. The Labute approximate surface area is 102 Å². The first-order valence-electron chi connectivity index (χ1n) is 5.28. The molecule has 0 saturated heterocycles. The van der Waals surface area contributed by atoms with Gasteiger partial charge in [0.1, 0.15) is 5.56 Å². The molecule has 0 bridgehead atoms. The van der Waals surface area contributed by atoms with Crippen LogP contribution in [-0.2, 0) is 6.54 Å². The van der Waals surface area contributed by atoms with E-state index in [4.69, 9.17) is 5.11 Å². The second-order valence-corrected chi connectivity index (χ2v) is 4.88. The summed E-state index contributed by atoms with van der Waals surface area (Å²) in [5.41, 5.74) is -0.292. The minimum atomic E-state index is -0.490. The Morgan fingerprint density at radius 3 is 3.24 bits per heavy atom. The lowest BCUT2D eigenvalue weighted by Crippen LogP contribution is -2.39. The maximum absolute atomic E-state index is 12.0. The van der Waals surface area contributed by atoms with Gasteiger partial charge in [-0.3, -0.25) is 14.2 Å². The molecule has 0 radical (unpaired) electrons. The van der Waals surface area contributed by atoms with Crippen LogP contribution >= 0.6 is 11.8 Å². The second-order valence-electron chi connectivity index (χ2n) is 3.82. The molecule has 17 heavy (non-hydrogen) atoms. The number of carbonyl (C=O) groups excluding carboxylic acids is 1. The van der Waals surface area contributed by atoms with Crippen LogP contribution in [0.5, 0.6) is 0 Å². The highest BCUT2D eigenvalue weighted by atomic mass is 32.2. The van der Waals surface area contributed by atoms with Crippen LogP contribution in [0.15, 0.2) is 16.1 Å². The van der Waals surface area contributed by atoms with Gasteiger partial charge in [-0.25, -0.2) is 4.98 Å². The predicted octanol–water partition coefficient (Wildman–Crippen LogP) is -0.540. The average Bonchev–Trinajstić information content (AvgIpc) is 2.78. The highest BCUT2D eigenvalue weighted by Crippen LogP contribution is 2.20. The number of hydrogen-bond acceptors (Lipinski definition) is 5. The van der Waals surface area contributed by atoms with Crippen LogP contribution < -0.4 is 10.9 Å². The molecule has 0 unspecified atom stereocenters. The third kappa shape index (κ3) is 2.34. The fraction of sp³-hybridized carbons (Fsp3) is 0.500. The van der Waals surface area contributed by atoms with Crippen molar-refractivity contribution in [3.8, 4) is 0 Å². The van der Waals surface area contributed by atoms with E-state index in [0.29, 0.717) is 11.7 Å². The van der Waals surface area contributed by atoms with Gasteiger partial charge >= 0.3 is 0 Å². The lowest BCUT2D eigenvalue weighted by atomic mass is 10.2. The van der Waals surface area contributed by atoms with Gasteiger partial charge in [-0.2, -0.15) is 0 Å². The highest BCUT2D eigenvalue weighted by molar-refractivity contribution is 7.99. The first kappa shape index (κ1) is 12.1. The smallest absolute Gasteiger partial charge is 0.267 e. The van der Waals surface area contributed by atoms with Crippen molar-refractivity contribution in [1.82, 2.24) is 14.9 Å². The quantitative estimate of drug-likeness (QED) is 0.709. The lowest BCUT2D eigenvalue weighted by Gasteiger charge is -2.10. The summed E-state index contributed by atoms with van der Waals surface area (Å²) in [6.45, 7) is 2.08. The van der Waals surface area contributed by atoms with Crippen molar-refractivity contribution < 1.29 is 9.90 Å². The number of rotatable bonds is 3. The molecule has 1 aliphatic heterocycles. The maximum Gasteiger partial charge on any atom is 0.267 e. The van der Waals surface area contributed by atoms with Crippen LogP contribution in [0.2, 0.25) is 0 Å². The van der Waals surface area contributed by atoms with E-state index in [0.717, 1.165) is 5.75 Å². The van der Waals surface area contributed by atoms with Crippen LogP contribution in [-0.4, -0.2) is 39.0 Å². The second kappa shape index (κ2) is 4.89. The van der Waals surface area contributed by atoms with Gasteiger partial charge in [-0.15, -0.1) is 0 Å². The van der Waals surface area contributed by atoms with Crippen molar-refractivity contribution >= 4 is 17.7 Å². The molecule has 6 nitrogen and oxygen atoms in total. The SMILES string of the molecule is C[C@H](CO)NC(=O)c1cnc2n(c1=O)CCS2. The van der Waals surface area contributed by atoms with Crippen molar-refractivity contribution in [3.63, 3.8) is 0 Å². The Hall–Kier alpha value is -1.34. The molecule has 2 rings (SSSR count). The summed E-state index contributed by atoms with van der Waals surface area (Å²) >= 11 is 1.50. The average molecular weight is 255 g/mol. The molecule has 2 N–H and O–H groups in total. The van der Waals surface area contributed by atoms with Crippen LogP contribution in [0.4, 0.5) is 0 Å². The van der Waals surface area contributed by atoms with Crippen molar-refractivity contribution in [3.05, 3.63) is 22.1 Å². The Bertz CT molecular complexity index is 500.